The molecule has 0 atom stereocenters. The first-order valence-electron chi connectivity index (χ1n) is 4.59. The van der Waals surface area contributed by atoms with Gasteiger partial charge in [0.25, 0.3) is 0 Å². The highest BCUT2D eigenvalue weighted by Crippen LogP contribution is 2.09. The van der Waals surface area contributed by atoms with Crippen molar-refractivity contribution in [2.45, 2.75) is 34.8 Å². The van der Waals surface area contributed by atoms with Crippen LogP contribution in [0.4, 0.5) is 0 Å². The molecular weight excluding hydrogens is 256 g/mol. The van der Waals surface area contributed by atoms with Gasteiger partial charge < -0.3 is 0 Å². The van der Waals surface area contributed by atoms with Gasteiger partial charge in [0, 0.05) is 9.16 Å². The summed E-state index contributed by atoms with van der Waals surface area (Å²) in [5.74, 6) is 0. The highest BCUT2D eigenvalue weighted by atomic mass is 32.2. The van der Waals surface area contributed by atoms with Crippen LogP contribution in [0.1, 0.15) is 25.7 Å². The molecule has 0 amide bonds. The number of rotatable bonds is 9. The largest absolute Gasteiger partial charge is 0.237 e. The topological polar surface area (TPSA) is 18.5 Å². The Morgan fingerprint density at radius 1 is 0.714 bits per heavy atom. The van der Waals surface area contributed by atoms with Crippen molar-refractivity contribution in [3.63, 3.8) is 0 Å². The minimum Gasteiger partial charge on any atom is -0.237 e. The van der Waals surface area contributed by atoms with Gasteiger partial charge in [-0.15, -0.1) is 0 Å². The van der Waals surface area contributed by atoms with Gasteiger partial charge in [-0.25, -0.2) is 9.78 Å². The Bertz CT molecular complexity index is 108. The van der Waals surface area contributed by atoms with E-state index >= 15 is 0 Å². The third kappa shape index (κ3) is 13.3. The van der Waals surface area contributed by atoms with Gasteiger partial charge in [-0.2, -0.15) is 50.5 Å². The second-order valence-electron chi connectivity index (χ2n) is 2.89. The number of hydrogen-bond acceptors (Lipinski definition) is 6. The first-order chi connectivity index (χ1) is 6.63. The molecule has 0 N–H and O–H groups in total. The van der Waals surface area contributed by atoms with Crippen molar-refractivity contribution in [3.8, 4) is 0 Å². The van der Waals surface area contributed by atoms with Crippen molar-refractivity contribution in [1.82, 2.24) is 0 Å². The molecular formula is C8H18O2S4. The molecule has 0 aliphatic heterocycles. The Kier molecular flexibility index (Phi) is 11.8. The quantitative estimate of drug-likeness (QED) is 0.170. The Morgan fingerprint density at radius 3 is 1.36 bits per heavy atom. The standard InChI is InChI=1S/C8H18O2S4/c11-7(12)3-1-5-9-10-6-2-4-8(13)14/h7-8,11-14H,1-6H2. The molecule has 0 aliphatic rings. The van der Waals surface area contributed by atoms with E-state index < -0.39 is 0 Å². The zero-order valence-electron chi connectivity index (χ0n) is 8.00. The van der Waals surface area contributed by atoms with Crippen molar-refractivity contribution in [2.24, 2.45) is 0 Å². The van der Waals surface area contributed by atoms with E-state index in [9.17, 15) is 0 Å². The Morgan fingerprint density at radius 2 is 1.07 bits per heavy atom. The van der Waals surface area contributed by atoms with Crippen molar-refractivity contribution in [2.75, 3.05) is 13.2 Å². The summed E-state index contributed by atoms with van der Waals surface area (Å²) in [5.41, 5.74) is 0. The third-order valence-electron chi connectivity index (χ3n) is 1.46. The van der Waals surface area contributed by atoms with Crippen LogP contribution in [0.3, 0.4) is 0 Å². The lowest BCUT2D eigenvalue weighted by Gasteiger charge is -2.05. The molecule has 0 heterocycles. The molecule has 0 bridgehead atoms. The first-order valence-corrected chi connectivity index (χ1v) is 6.66. The molecule has 14 heavy (non-hydrogen) atoms. The van der Waals surface area contributed by atoms with E-state index in [1.54, 1.807) is 0 Å². The maximum Gasteiger partial charge on any atom is 0.0823 e. The maximum absolute atomic E-state index is 4.95. The number of thiol groups is 4. The average molecular weight is 274 g/mol. The molecule has 0 rings (SSSR count). The lowest BCUT2D eigenvalue weighted by molar-refractivity contribution is -0.295. The molecule has 0 aromatic heterocycles. The fraction of sp³-hybridized carbons (Fsp3) is 1.00. The average Bonchev–Trinajstić information content (AvgIpc) is 2.08. The van der Waals surface area contributed by atoms with E-state index in [0.29, 0.717) is 13.2 Å². The van der Waals surface area contributed by atoms with Crippen molar-refractivity contribution in [1.29, 1.82) is 0 Å². The summed E-state index contributed by atoms with van der Waals surface area (Å²) in [6, 6.07) is 0. The highest BCUT2D eigenvalue weighted by molar-refractivity contribution is 7.99. The summed E-state index contributed by atoms with van der Waals surface area (Å²) in [7, 11) is 0. The summed E-state index contributed by atoms with van der Waals surface area (Å²) in [6.45, 7) is 1.20. The minimum absolute atomic E-state index is 0.132. The van der Waals surface area contributed by atoms with Gasteiger partial charge in [-0.3, -0.25) is 0 Å². The van der Waals surface area contributed by atoms with Gasteiger partial charge in [-0.05, 0) is 25.7 Å². The first kappa shape index (κ1) is 15.3. The zero-order chi connectivity index (χ0) is 10.8. The Labute approximate surface area is 108 Å². The molecule has 0 saturated carbocycles. The molecule has 0 fully saturated rings. The summed E-state index contributed by atoms with van der Waals surface area (Å²) >= 11 is 16.5. The zero-order valence-corrected chi connectivity index (χ0v) is 11.6. The second-order valence-corrected chi connectivity index (χ2v) is 6.20. The number of hydrogen-bond donors (Lipinski definition) is 4. The van der Waals surface area contributed by atoms with Crippen LogP contribution in [0.25, 0.3) is 0 Å². The minimum atomic E-state index is 0.132. The molecule has 0 aromatic carbocycles. The van der Waals surface area contributed by atoms with Crippen LogP contribution in [0.2, 0.25) is 0 Å². The second kappa shape index (κ2) is 10.8. The molecule has 0 unspecified atom stereocenters. The van der Waals surface area contributed by atoms with Gasteiger partial charge in [0.1, 0.15) is 0 Å². The summed E-state index contributed by atoms with van der Waals surface area (Å²) in [4.78, 5) is 9.90. The van der Waals surface area contributed by atoms with E-state index in [1.807, 2.05) is 0 Å². The van der Waals surface area contributed by atoms with Crippen molar-refractivity contribution < 1.29 is 9.78 Å². The van der Waals surface area contributed by atoms with E-state index in [-0.39, 0.29) is 9.16 Å². The predicted octanol–water partition coefficient (Wildman–Crippen LogP) is 2.87. The monoisotopic (exact) mass is 274 g/mol. The SMILES string of the molecule is SC(S)CCCOOCCCC(S)S. The normalized spacial score (nSPS) is 11.6. The molecule has 2 nitrogen and oxygen atoms in total. The maximum atomic E-state index is 4.95. The van der Waals surface area contributed by atoms with Crippen molar-refractivity contribution in [3.05, 3.63) is 0 Å². The molecule has 0 aliphatic carbocycles. The molecule has 0 radical (unpaired) electrons. The van der Waals surface area contributed by atoms with E-state index in [4.69, 9.17) is 9.78 Å². The molecule has 0 spiro atoms. The van der Waals surface area contributed by atoms with Gasteiger partial charge >= 0.3 is 0 Å². The molecule has 6 heteroatoms. The Hall–Kier alpha value is 1.32. The summed E-state index contributed by atoms with van der Waals surface area (Å²) in [5, 5.41) is 0. The van der Waals surface area contributed by atoms with Crippen LogP contribution in [0.15, 0.2) is 0 Å². The molecule has 0 saturated heterocycles. The van der Waals surface area contributed by atoms with Gasteiger partial charge in [0.2, 0.25) is 0 Å². The van der Waals surface area contributed by atoms with Crippen LogP contribution in [-0.4, -0.2) is 22.4 Å². The third-order valence-corrected chi connectivity index (χ3v) is 2.50. The van der Waals surface area contributed by atoms with Crippen LogP contribution in [0.5, 0.6) is 0 Å². The van der Waals surface area contributed by atoms with Crippen molar-refractivity contribution >= 4 is 50.5 Å². The van der Waals surface area contributed by atoms with E-state index in [1.165, 1.54) is 0 Å². The molecule has 86 valence electrons. The fourth-order valence-electron chi connectivity index (χ4n) is 0.768. The van der Waals surface area contributed by atoms with Gasteiger partial charge in [0.05, 0.1) is 13.2 Å². The van der Waals surface area contributed by atoms with Crippen LogP contribution in [0, 0.1) is 0 Å². The lowest BCUT2D eigenvalue weighted by atomic mass is 10.3. The van der Waals surface area contributed by atoms with E-state index in [0.717, 1.165) is 25.7 Å². The smallest absolute Gasteiger partial charge is 0.0823 e. The fourth-order valence-corrected chi connectivity index (χ4v) is 1.50. The van der Waals surface area contributed by atoms with Crippen LogP contribution < -0.4 is 0 Å². The lowest BCUT2D eigenvalue weighted by Crippen LogP contribution is -2.01. The van der Waals surface area contributed by atoms with E-state index in [2.05, 4.69) is 50.5 Å². The Balaban J connectivity index is 2.92. The van der Waals surface area contributed by atoms with Crippen LogP contribution >= 0.6 is 50.5 Å². The predicted molar refractivity (Wildman–Crippen MR) is 73.9 cm³/mol. The molecule has 0 aromatic rings. The summed E-state index contributed by atoms with van der Waals surface area (Å²) < 4.78 is 0.264. The summed E-state index contributed by atoms with van der Waals surface area (Å²) in [6.07, 6.45) is 3.68. The van der Waals surface area contributed by atoms with Gasteiger partial charge in [0.15, 0.2) is 0 Å². The van der Waals surface area contributed by atoms with Gasteiger partial charge in [-0.1, -0.05) is 0 Å². The highest BCUT2D eigenvalue weighted by Gasteiger charge is 1.97. The van der Waals surface area contributed by atoms with Crippen LogP contribution in [-0.2, 0) is 9.78 Å².